The van der Waals surface area contributed by atoms with Gasteiger partial charge in [-0.15, -0.1) is 0 Å². The van der Waals surface area contributed by atoms with Crippen LogP contribution in [0.1, 0.15) is 49.2 Å². The number of ether oxygens (including phenoxy) is 2. The second-order valence-corrected chi connectivity index (χ2v) is 9.14. The molecule has 0 N–H and O–H groups in total. The van der Waals surface area contributed by atoms with Gasteiger partial charge in [0, 0.05) is 11.1 Å². The van der Waals surface area contributed by atoms with E-state index in [1.54, 1.807) is 52.0 Å². The molecule has 0 atom stereocenters. The van der Waals surface area contributed by atoms with Crippen LogP contribution in [0.15, 0.2) is 53.9 Å². The fourth-order valence-electron chi connectivity index (χ4n) is 2.57. The monoisotopic (exact) mass is 482 g/mol. The summed E-state index contributed by atoms with van der Waals surface area (Å²) in [5.74, 6) is -0.436. The molecule has 10 heteroatoms. The first kappa shape index (κ1) is 26.1. The molecular weight excluding hydrogens is 458 g/mol. The predicted molar refractivity (Wildman–Crippen MR) is 117 cm³/mol. The first-order chi connectivity index (χ1) is 15.3. The van der Waals surface area contributed by atoms with Crippen LogP contribution in [-0.2, 0) is 23.8 Å². The molecule has 0 aliphatic heterocycles. The summed E-state index contributed by atoms with van der Waals surface area (Å²) in [5, 5.41) is 0.507. The lowest BCUT2D eigenvalue weighted by Crippen LogP contribution is -2.40. The van der Waals surface area contributed by atoms with Crippen LogP contribution in [0.25, 0.3) is 6.08 Å². The van der Waals surface area contributed by atoms with Crippen LogP contribution in [0.2, 0.25) is 0 Å². The summed E-state index contributed by atoms with van der Waals surface area (Å²) in [6, 6.07) is 12.1. The Morgan fingerprint density at radius 1 is 0.939 bits per heavy atom. The zero-order valence-electron chi connectivity index (χ0n) is 18.5. The Hall–Kier alpha value is -3.11. The molecule has 0 radical (unpaired) electrons. The van der Waals surface area contributed by atoms with Crippen LogP contribution in [0.4, 0.5) is 8.78 Å². The quantitative estimate of drug-likeness (QED) is 0.278. The molecule has 0 saturated carbocycles. The molecule has 2 rings (SSSR count). The Morgan fingerprint density at radius 2 is 1.45 bits per heavy atom. The number of benzene rings is 2. The molecule has 7 nitrogen and oxygen atoms in total. The summed E-state index contributed by atoms with van der Waals surface area (Å²) in [5.41, 5.74) is -0.158. The van der Waals surface area contributed by atoms with Crippen LogP contribution in [0, 0.1) is 0 Å². The van der Waals surface area contributed by atoms with Crippen molar-refractivity contribution in [3.8, 4) is 5.75 Å². The van der Waals surface area contributed by atoms with Crippen LogP contribution in [0.5, 0.6) is 5.75 Å². The Labute approximate surface area is 191 Å². The van der Waals surface area contributed by atoms with E-state index in [0.717, 1.165) is 6.08 Å². The number of ketones is 1. The molecule has 0 aliphatic carbocycles. The standard InChI is InChI=1S/C23H24F2O7S/c1-15(2)30-21(27)23(3,4)31-19-11-9-18(10-12-19)20(26)17-7-5-16(6-8-17)13-14-33(28,29)32-22(24)25/h5-15,22H,1-4H3/b14-13+. The molecule has 0 heterocycles. The zero-order valence-corrected chi connectivity index (χ0v) is 19.3. The number of carbonyl (C=O) groups excluding carboxylic acids is 2. The molecule has 0 aliphatic rings. The first-order valence-electron chi connectivity index (χ1n) is 9.83. The van der Waals surface area contributed by atoms with Gasteiger partial charge in [-0.1, -0.05) is 24.3 Å². The van der Waals surface area contributed by atoms with E-state index < -0.39 is 28.3 Å². The zero-order chi connectivity index (χ0) is 24.8. The molecule has 0 fully saturated rings. The van der Waals surface area contributed by atoms with E-state index in [1.807, 2.05) is 0 Å². The summed E-state index contributed by atoms with van der Waals surface area (Å²) >= 11 is 0. The van der Waals surface area contributed by atoms with Gasteiger partial charge >= 0.3 is 12.6 Å². The molecule has 0 aromatic heterocycles. The minimum Gasteiger partial charge on any atom is -0.476 e. The molecular formula is C23H24F2O7S. The van der Waals surface area contributed by atoms with E-state index in [-0.39, 0.29) is 11.9 Å². The highest BCUT2D eigenvalue weighted by Gasteiger charge is 2.32. The SMILES string of the molecule is CC(C)OC(=O)C(C)(C)Oc1ccc(C(=O)c2ccc(/C=C/S(=O)(=O)OC(F)F)cc2)cc1. The number of carbonyl (C=O) groups is 2. The van der Waals surface area contributed by atoms with Gasteiger partial charge in [0.2, 0.25) is 0 Å². The molecule has 0 bridgehead atoms. The molecule has 0 spiro atoms. The van der Waals surface area contributed by atoms with Gasteiger partial charge in [0.1, 0.15) is 5.75 Å². The third-order valence-corrected chi connectivity index (χ3v) is 5.01. The summed E-state index contributed by atoms with van der Waals surface area (Å²) in [6.45, 7) is 3.19. The van der Waals surface area contributed by atoms with Crippen LogP contribution >= 0.6 is 0 Å². The molecule has 0 amide bonds. The van der Waals surface area contributed by atoms with Crippen molar-refractivity contribution in [1.29, 1.82) is 0 Å². The van der Waals surface area contributed by atoms with Crippen LogP contribution < -0.4 is 4.74 Å². The van der Waals surface area contributed by atoms with Gasteiger partial charge in [-0.3, -0.25) is 4.79 Å². The molecule has 2 aromatic carbocycles. The lowest BCUT2D eigenvalue weighted by molar-refractivity contribution is -0.163. The van der Waals surface area contributed by atoms with Gasteiger partial charge in [0.05, 0.1) is 11.5 Å². The predicted octanol–water partition coefficient (Wildman–Crippen LogP) is 4.57. The van der Waals surface area contributed by atoms with Crippen molar-refractivity contribution in [2.45, 2.75) is 46.0 Å². The van der Waals surface area contributed by atoms with Crippen molar-refractivity contribution < 1.29 is 40.4 Å². The van der Waals surface area contributed by atoms with Crippen LogP contribution in [0.3, 0.4) is 0 Å². The minimum atomic E-state index is -4.52. The Balaban J connectivity index is 2.07. The van der Waals surface area contributed by atoms with E-state index >= 15 is 0 Å². The smallest absolute Gasteiger partial charge is 0.359 e. The summed E-state index contributed by atoms with van der Waals surface area (Å²) in [4.78, 5) is 24.8. The molecule has 0 unspecified atom stereocenters. The summed E-state index contributed by atoms with van der Waals surface area (Å²) in [6.07, 6.45) is 0.794. The third-order valence-electron chi connectivity index (χ3n) is 4.13. The number of rotatable bonds is 10. The highest BCUT2D eigenvalue weighted by atomic mass is 32.2. The second kappa shape index (κ2) is 10.7. The molecule has 178 valence electrons. The van der Waals surface area contributed by atoms with E-state index in [2.05, 4.69) is 4.18 Å². The number of esters is 1. The average Bonchev–Trinajstić information content (AvgIpc) is 2.71. The van der Waals surface area contributed by atoms with Crippen molar-refractivity contribution in [2.24, 2.45) is 0 Å². The maximum Gasteiger partial charge on any atom is 0.359 e. The van der Waals surface area contributed by atoms with Gasteiger partial charge in [0.25, 0.3) is 10.1 Å². The first-order valence-corrected chi connectivity index (χ1v) is 11.3. The number of alkyl halides is 2. The average molecular weight is 483 g/mol. The van der Waals surface area contributed by atoms with E-state index in [0.29, 0.717) is 27.8 Å². The van der Waals surface area contributed by atoms with Crippen molar-refractivity contribution in [3.63, 3.8) is 0 Å². The molecule has 2 aromatic rings. The summed E-state index contributed by atoms with van der Waals surface area (Å²) in [7, 11) is -4.52. The van der Waals surface area contributed by atoms with Crippen molar-refractivity contribution in [1.82, 2.24) is 0 Å². The lowest BCUT2D eigenvalue weighted by atomic mass is 10.0. The minimum absolute atomic E-state index is 0.280. The maximum absolute atomic E-state index is 12.7. The fraction of sp³-hybridized carbons (Fsp3) is 0.304. The van der Waals surface area contributed by atoms with Gasteiger partial charge < -0.3 is 9.47 Å². The highest BCUT2D eigenvalue weighted by Crippen LogP contribution is 2.22. The topological polar surface area (TPSA) is 96.0 Å². The van der Waals surface area contributed by atoms with Gasteiger partial charge in [-0.25, -0.2) is 4.79 Å². The Morgan fingerprint density at radius 3 is 1.94 bits per heavy atom. The number of hydrogen-bond acceptors (Lipinski definition) is 7. The lowest BCUT2D eigenvalue weighted by Gasteiger charge is -2.25. The van der Waals surface area contributed by atoms with Gasteiger partial charge in [-0.05, 0) is 63.6 Å². The highest BCUT2D eigenvalue weighted by molar-refractivity contribution is 7.89. The van der Waals surface area contributed by atoms with Crippen molar-refractivity contribution in [2.75, 3.05) is 0 Å². The van der Waals surface area contributed by atoms with E-state index in [1.165, 1.54) is 24.3 Å². The summed E-state index contributed by atoms with van der Waals surface area (Å²) < 4.78 is 61.1. The Bertz CT molecular complexity index is 1100. The van der Waals surface area contributed by atoms with Gasteiger partial charge in [0.15, 0.2) is 11.4 Å². The normalized spacial score (nSPS) is 12.4. The number of hydrogen-bond donors (Lipinski definition) is 0. The molecule has 0 saturated heterocycles. The van der Waals surface area contributed by atoms with E-state index in [9.17, 15) is 26.8 Å². The van der Waals surface area contributed by atoms with Crippen molar-refractivity contribution >= 4 is 27.9 Å². The fourth-order valence-corrected chi connectivity index (χ4v) is 3.16. The Kier molecular flexibility index (Phi) is 8.45. The van der Waals surface area contributed by atoms with Crippen molar-refractivity contribution in [3.05, 3.63) is 70.6 Å². The van der Waals surface area contributed by atoms with Gasteiger partial charge in [-0.2, -0.15) is 21.4 Å². The van der Waals surface area contributed by atoms with E-state index in [4.69, 9.17) is 9.47 Å². The number of halogens is 2. The van der Waals surface area contributed by atoms with Crippen LogP contribution in [-0.4, -0.2) is 38.5 Å². The largest absolute Gasteiger partial charge is 0.476 e. The third kappa shape index (κ3) is 8.07. The maximum atomic E-state index is 12.7. The molecule has 33 heavy (non-hydrogen) atoms. The second-order valence-electron chi connectivity index (χ2n) is 7.69.